The third kappa shape index (κ3) is 4.39. The number of aryl methyl sites for hydroxylation is 1. The molecular formula is C18H25N3OS. The second-order valence-corrected chi connectivity index (χ2v) is 7.37. The number of hydrogen-bond donors (Lipinski definition) is 2. The van der Waals surface area contributed by atoms with Gasteiger partial charge < -0.3 is 11.1 Å². The molecule has 0 bridgehead atoms. The van der Waals surface area contributed by atoms with Crippen LogP contribution in [0.5, 0.6) is 0 Å². The number of thiazole rings is 1. The van der Waals surface area contributed by atoms with Crippen LogP contribution < -0.4 is 11.1 Å². The average Bonchev–Trinajstić information content (AvgIpc) is 2.95. The number of hydrogen-bond acceptors (Lipinski definition) is 4. The maximum Gasteiger partial charge on any atom is 0.226 e. The maximum absolute atomic E-state index is 12.3. The zero-order valence-electron chi connectivity index (χ0n) is 14.2. The number of benzene rings is 1. The van der Waals surface area contributed by atoms with E-state index in [4.69, 9.17) is 5.73 Å². The van der Waals surface area contributed by atoms with Crippen LogP contribution in [0.2, 0.25) is 0 Å². The van der Waals surface area contributed by atoms with Crippen LogP contribution in [-0.4, -0.2) is 23.0 Å². The molecule has 5 heteroatoms. The molecule has 1 unspecified atom stereocenters. The van der Waals surface area contributed by atoms with Gasteiger partial charge in [0.25, 0.3) is 0 Å². The summed E-state index contributed by atoms with van der Waals surface area (Å²) in [6.07, 6.45) is 0.282. The first-order valence-corrected chi connectivity index (χ1v) is 8.74. The van der Waals surface area contributed by atoms with Gasteiger partial charge in [-0.1, -0.05) is 43.7 Å². The van der Waals surface area contributed by atoms with Crippen molar-refractivity contribution in [1.82, 2.24) is 10.3 Å². The van der Waals surface area contributed by atoms with Gasteiger partial charge >= 0.3 is 0 Å². The van der Waals surface area contributed by atoms with Crippen LogP contribution in [0.15, 0.2) is 29.6 Å². The highest BCUT2D eigenvalue weighted by molar-refractivity contribution is 7.13. The third-order valence-electron chi connectivity index (χ3n) is 4.32. The summed E-state index contributed by atoms with van der Waals surface area (Å²) in [4.78, 5) is 16.9. The smallest absolute Gasteiger partial charge is 0.226 e. The van der Waals surface area contributed by atoms with Crippen LogP contribution in [0.1, 0.15) is 32.0 Å². The van der Waals surface area contributed by atoms with Gasteiger partial charge in [-0.25, -0.2) is 4.98 Å². The molecule has 0 aliphatic rings. The second-order valence-electron chi connectivity index (χ2n) is 6.51. The Labute approximate surface area is 142 Å². The highest BCUT2D eigenvalue weighted by atomic mass is 32.1. The van der Waals surface area contributed by atoms with Crippen LogP contribution in [0.3, 0.4) is 0 Å². The fourth-order valence-corrected chi connectivity index (χ4v) is 3.00. The quantitative estimate of drug-likeness (QED) is 0.854. The summed E-state index contributed by atoms with van der Waals surface area (Å²) < 4.78 is 0. The molecule has 0 fully saturated rings. The topological polar surface area (TPSA) is 68.0 Å². The van der Waals surface area contributed by atoms with Gasteiger partial charge in [0.05, 0.1) is 17.7 Å². The Hall–Kier alpha value is -1.72. The van der Waals surface area contributed by atoms with Gasteiger partial charge in [0.15, 0.2) is 0 Å². The average molecular weight is 331 g/mol. The van der Waals surface area contributed by atoms with Crippen molar-refractivity contribution in [3.8, 4) is 10.6 Å². The zero-order chi connectivity index (χ0) is 17.0. The number of rotatable bonds is 6. The molecule has 1 amide bonds. The summed E-state index contributed by atoms with van der Waals surface area (Å²) in [6, 6.07) is 8.25. The summed E-state index contributed by atoms with van der Waals surface area (Å²) >= 11 is 1.56. The molecule has 1 aromatic heterocycles. The Morgan fingerprint density at radius 3 is 2.57 bits per heavy atom. The minimum atomic E-state index is -0.382. The molecule has 0 saturated heterocycles. The molecule has 0 spiro atoms. The zero-order valence-corrected chi connectivity index (χ0v) is 15.0. The van der Waals surface area contributed by atoms with E-state index in [0.29, 0.717) is 6.54 Å². The van der Waals surface area contributed by atoms with Crippen molar-refractivity contribution in [2.75, 3.05) is 6.54 Å². The van der Waals surface area contributed by atoms with E-state index in [2.05, 4.69) is 55.3 Å². The standard InChI is InChI=1S/C18H25N3OS/c1-12(2)18(4,11-19)21-16(22)9-15-10-23-17(20-15)14-7-5-13(3)6-8-14/h5-8,10,12H,9,11,19H2,1-4H3,(H,21,22). The SMILES string of the molecule is Cc1ccc(-c2nc(CC(=O)NC(C)(CN)C(C)C)cs2)cc1. The minimum absolute atomic E-state index is 0.0348. The van der Waals surface area contributed by atoms with Crippen molar-refractivity contribution in [3.63, 3.8) is 0 Å². The van der Waals surface area contributed by atoms with Gasteiger partial charge in [-0.05, 0) is 19.8 Å². The lowest BCUT2D eigenvalue weighted by Crippen LogP contribution is -2.55. The second kappa shape index (κ2) is 7.23. The van der Waals surface area contributed by atoms with Gasteiger partial charge in [0.2, 0.25) is 5.91 Å². The van der Waals surface area contributed by atoms with E-state index in [1.54, 1.807) is 11.3 Å². The van der Waals surface area contributed by atoms with E-state index in [1.165, 1.54) is 5.56 Å². The molecule has 1 heterocycles. The van der Waals surface area contributed by atoms with E-state index < -0.39 is 0 Å². The van der Waals surface area contributed by atoms with Crippen molar-refractivity contribution < 1.29 is 4.79 Å². The number of carbonyl (C=O) groups excluding carboxylic acids is 1. The van der Waals surface area contributed by atoms with Crippen molar-refractivity contribution in [2.45, 2.75) is 39.7 Å². The lowest BCUT2D eigenvalue weighted by Gasteiger charge is -2.33. The van der Waals surface area contributed by atoms with E-state index in [0.717, 1.165) is 16.3 Å². The summed E-state index contributed by atoms with van der Waals surface area (Å²) in [5.41, 5.74) is 8.54. The first-order chi connectivity index (χ1) is 10.8. The molecule has 0 aliphatic carbocycles. The third-order valence-corrected chi connectivity index (χ3v) is 5.26. The molecule has 2 rings (SSSR count). The Bertz CT molecular complexity index is 663. The summed E-state index contributed by atoms with van der Waals surface area (Å²) in [5.74, 6) is 0.238. The Balaban J connectivity index is 2.04. The lowest BCUT2D eigenvalue weighted by atomic mass is 9.88. The first-order valence-electron chi connectivity index (χ1n) is 7.86. The minimum Gasteiger partial charge on any atom is -0.349 e. The van der Waals surface area contributed by atoms with Gasteiger partial charge in [0.1, 0.15) is 5.01 Å². The monoisotopic (exact) mass is 331 g/mol. The van der Waals surface area contributed by atoms with Crippen LogP contribution in [0, 0.1) is 12.8 Å². The molecule has 3 N–H and O–H groups in total. The first kappa shape index (κ1) is 17.6. The molecule has 1 aromatic carbocycles. The van der Waals surface area contributed by atoms with Crippen LogP contribution >= 0.6 is 11.3 Å². The van der Waals surface area contributed by atoms with Crippen LogP contribution in [0.25, 0.3) is 10.6 Å². The molecule has 2 aromatic rings. The van der Waals surface area contributed by atoms with E-state index >= 15 is 0 Å². The molecule has 124 valence electrons. The van der Waals surface area contributed by atoms with E-state index in [9.17, 15) is 4.79 Å². The summed E-state index contributed by atoms with van der Waals surface area (Å²) in [5, 5.41) is 5.94. The van der Waals surface area contributed by atoms with Crippen LogP contribution in [0.4, 0.5) is 0 Å². The highest BCUT2D eigenvalue weighted by Crippen LogP contribution is 2.24. The van der Waals surface area contributed by atoms with E-state index in [-0.39, 0.29) is 23.8 Å². The van der Waals surface area contributed by atoms with Gasteiger partial charge in [-0.3, -0.25) is 4.79 Å². The number of amides is 1. The molecule has 0 aliphatic heterocycles. The van der Waals surface area contributed by atoms with Gasteiger partial charge in [0, 0.05) is 17.5 Å². The molecule has 0 radical (unpaired) electrons. The van der Waals surface area contributed by atoms with Crippen molar-refractivity contribution >= 4 is 17.2 Å². The molecular weight excluding hydrogens is 306 g/mol. The highest BCUT2D eigenvalue weighted by Gasteiger charge is 2.28. The number of nitrogens with zero attached hydrogens (tertiary/aromatic N) is 1. The Morgan fingerprint density at radius 1 is 1.35 bits per heavy atom. The Morgan fingerprint density at radius 2 is 2.00 bits per heavy atom. The molecule has 4 nitrogen and oxygen atoms in total. The fourth-order valence-electron chi connectivity index (χ4n) is 2.18. The molecule has 23 heavy (non-hydrogen) atoms. The van der Waals surface area contributed by atoms with E-state index in [1.807, 2.05) is 12.3 Å². The largest absolute Gasteiger partial charge is 0.349 e. The number of nitrogens with two attached hydrogens (primary N) is 1. The number of carbonyl (C=O) groups is 1. The predicted molar refractivity (Wildman–Crippen MR) is 96.4 cm³/mol. The molecule has 1 atom stereocenters. The summed E-state index contributed by atoms with van der Waals surface area (Å²) in [7, 11) is 0. The van der Waals surface area contributed by atoms with Crippen LogP contribution in [-0.2, 0) is 11.2 Å². The Kier molecular flexibility index (Phi) is 5.55. The predicted octanol–water partition coefficient (Wildman–Crippen LogP) is 3.15. The van der Waals surface area contributed by atoms with Crippen molar-refractivity contribution in [1.29, 1.82) is 0 Å². The number of aromatic nitrogens is 1. The fraction of sp³-hybridized carbons (Fsp3) is 0.444. The van der Waals surface area contributed by atoms with Gasteiger partial charge in [-0.2, -0.15) is 0 Å². The number of nitrogens with one attached hydrogen (secondary N) is 1. The summed E-state index contributed by atoms with van der Waals surface area (Å²) in [6.45, 7) is 8.58. The maximum atomic E-state index is 12.3. The lowest BCUT2D eigenvalue weighted by molar-refractivity contribution is -0.122. The van der Waals surface area contributed by atoms with Crippen molar-refractivity contribution in [2.24, 2.45) is 11.7 Å². The molecule has 0 saturated carbocycles. The normalized spacial score (nSPS) is 13.8. The van der Waals surface area contributed by atoms with Gasteiger partial charge in [-0.15, -0.1) is 11.3 Å². The van der Waals surface area contributed by atoms with Crippen molar-refractivity contribution in [3.05, 3.63) is 40.9 Å².